The van der Waals surface area contributed by atoms with Gasteiger partial charge in [0.15, 0.2) is 0 Å². The van der Waals surface area contributed by atoms with Crippen LogP contribution in [0, 0.1) is 18.3 Å². The van der Waals surface area contributed by atoms with Crippen molar-refractivity contribution in [2.75, 3.05) is 19.7 Å². The van der Waals surface area contributed by atoms with Crippen LogP contribution in [-0.2, 0) is 39.9 Å². The quantitative estimate of drug-likeness (QED) is 0.0632. The molecule has 2 aromatic carbocycles. The summed E-state index contributed by atoms with van der Waals surface area (Å²) in [4.78, 5) is 102. The minimum absolute atomic E-state index is 0.0455. The summed E-state index contributed by atoms with van der Waals surface area (Å²) in [5, 5.41) is 22.6. The predicted octanol–water partition coefficient (Wildman–Crippen LogP) is 6.52. The number of hydrogen-bond donors (Lipinski definition) is 6. The minimum Gasteiger partial charge on any atom is -0.490 e. The molecule has 1 aromatic heterocycles. The van der Waals surface area contributed by atoms with E-state index < -0.39 is 77.1 Å². The van der Waals surface area contributed by atoms with Crippen LogP contribution in [0.5, 0.6) is 5.75 Å². The second-order valence-electron chi connectivity index (χ2n) is 22.0. The van der Waals surface area contributed by atoms with Gasteiger partial charge in [0.2, 0.25) is 35.4 Å². The van der Waals surface area contributed by atoms with Gasteiger partial charge in [-0.1, -0.05) is 82.6 Å². The molecule has 2 saturated heterocycles. The summed E-state index contributed by atoms with van der Waals surface area (Å²) < 4.78 is 11.6. The molecule has 7 amide bonds. The van der Waals surface area contributed by atoms with Gasteiger partial charge in [0, 0.05) is 32.4 Å². The van der Waals surface area contributed by atoms with Crippen molar-refractivity contribution in [1.82, 2.24) is 36.1 Å². The zero-order valence-electron chi connectivity index (χ0n) is 44.5. The van der Waals surface area contributed by atoms with E-state index in [-0.39, 0.29) is 62.6 Å². The number of carbonyl (C=O) groups is 7. The highest BCUT2D eigenvalue weighted by molar-refractivity contribution is 7.13. The van der Waals surface area contributed by atoms with E-state index in [4.69, 9.17) is 26.8 Å². The molecule has 2 aliphatic rings. The normalized spacial score (nSPS) is 18.5. The van der Waals surface area contributed by atoms with Crippen molar-refractivity contribution in [2.45, 2.75) is 175 Å². The van der Waals surface area contributed by atoms with E-state index in [1.54, 1.807) is 55.8 Å². The molecule has 2 fully saturated rings. The van der Waals surface area contributed by atoms with Crippen LogP contribution >= 0.6 is 22.9 Å². The fourth-order valence-corrected chi connectivity index (χ4v) is 10.3. The van der Waals surface area contributed by atoms with Gasteiger partial charge in [-0.3, -0.25) is 28.8 Å². The number of β-amino-alcohol motifs (C(OH)–C–C–N with tert-alkyl or cyclic N) is 1. The number of hydrogen-bond acceptors (Lipinski definition) is 12. The number of nitrogens with zero attached hydrogens (tertiary/aromatic N) is 3. The van der Waals surface area contributed by atoms with E-state index in [1.165, 1.54) is 9.80 Å². The smallest absolute Gasteiger partial charge is 0.408 e. The molecule has 7 atom stereocenters. The summed E-state index contributed by atoms with van der Waals surface area (Å²) >= 11 is 8.42. The summed E-state index contributed by atoms with van der Waals surface area (Å²) in [5.41, 5.74) is 9.32. The van der Waals surface area contributed by atoms with Crippen LogP contribution in [0.1, 0.15) is 137 Å². The first-order valence-corrected chi connectivity index (χ1v) is 26.9. The molecule has 0 radical (unpaired) electrons. The third-order valence-corrected chi connectivity index (χ3v) is 14.4. The van der Waals surface area contributed by atoms with Crippen molar-refractivity contribution in [2.24, 2.45) is 17.1 Å². The zero-order valence-corrected chi connectivity index (χ0v) is 46.1. The number of halogens is 1. The number of ether oxygens (including phenoxy) is 2. The highest BCUT2D eigenvalue weighted by atomic mass is 35.5. The number of primary amides is 1. The first-order valence-electron chi connectivity index (χ1n) is 25.6. The molecule has 2 aliphatic heterocycles. The number of aromatic nitrogens is 1. The molecule has 3 heterocycles. The third kappa shape index (κ3) is 16.9. The molecule has 3 aromatic rings. The van der Waals surface area contributed by atoms with E-state index in [2.05, 4.69) is 26.3 Å². The molecular weight excluding hydrogens is 988 g/mol. The Morgan fingerprint density at radius 3 is 2.20 bits per heavy atom. The second-order valence-corrected chi connectivity index (χ2v) is 23.2. The van der Waals surface area contributed by atoms with Gasteiger partial charge in [-0.2, -0.15) is 0 Å². The lowest BCUT2D eigenvalue weighted by Crippen LogP contribution is -2.57. The van der Waals surface area contributed by atoms with Crippen LogP contribution in [0.4, 0.5) is 4.79 Å². The minimum atomic E-state index is -1.00. The van der Waals surface area contributed by atoms with Crippen molar-refractivity contribution in [1.29, 1.82) is 0 Å². The van der Waals surface area contributed by atoms with Crippen LogP contribution in [0.2, 0.25) is 5.02 Å². The second kappa shape index (κ2) is 26.1. The molecule has 18 nitrogen and oxygen atoms in total. The molecule has 1 unspecified atom stereocenters. The van der Waals surface area contributed by atoms with E-state index in [1.807, 2.05) is 72.7 Å². The van der Waals surface area contributed by atoms with Crippen LogP contribution in [0.25, 0.3) is 10.4 Å². The van der Waals surface area contributed by atoms with Gasteiger partial charge < -0.3 is 51.4 Å². The number of thiazole rings is 1. The maximum atomic E-state index is 14.3. The van der Waals surface area contributed by atoms with Gasteiger partial charge in [-0.25, -0.2) is 9.78 Å². The number of rotatable bonds is 22. The number of carbonyl (C=O) groups excluding carboxylic acids is 7. The Morgan fingerprint density at radius 1 is 0.892 bits per heavy atom. The fraction of sp³-hybridized carbons (Fsp3) is 0.593. The number of benzene rings is 2. The van der Waals surface area contributed by atoms with E-state index in [0.717, 1.165) is 21.7 Å². The van der Waals surface area contributed by atoms with Crippen LogP contribution in [0.3, 0.4) is 0 Å². The molecule has 0 bridgehead atoms. The van der Waals surface area contributed by atoms with Crippen molar-refractivity contribution < 1.29 is 48.1 Å². The standard InChI is InChI=1S/C54H77ClN8O10S/c1-31(2)26-39(60-52(71)73-54(8,9)10)50(69)62-25-13-16-40(62)48(67)59-37(23-24-43(56)65)29-72-42-17-11-14-35(45(42)55)15-12-18-44(66)61-47(53(5,6)7)51(70)63-28-38(64)27-41(63)49(68)58-32(3)34-19-21-36(22-20-34)46-33(4)57-30-74-46/h11,14,17,19-22,30-32,37-41,47,64H,12-13,15-16,18,23-29H2,1-10H3,(H2,56,65)(H,58,68)(H,59,67)(H,60,71)(H,61,66)/t32-,37-,38+,39-,40?,41-,47+/m0/s1. The summed E-state index contributed by atoms with van der Waals surface area (Å²) in [7, 11) is 0. The molecule has 0 spiro atoms. The van der Waals surface area contributed by atoms with Crippen molar-refractivity contribution in [3.05, 3.63) is 69.8 Å². The topological polar surface area (TPSA) is 252 Å². The Morgan fingerprint density at radius 2 is 1.58 bits per heavy atom. The number of alkyl carbamates (subject to hydrolysis) is 1. The summed E-state index contributed by atoms with van der Waals surface area (Å²) in [6.45, 7) is 18.5. The maximum absolute atomic E-state index is 14.3. The number of likely N-dealkylation sites (tertiary alicyclic amines) is 2. The monoisotopic (exact) mass is 1060 g/mol. The molecule has 406 valence electrons. The Bertz CT molecular complexity index is 2450. The van der Waals surface area contributed by atoms with Gasteiger partial charge in [0.25, 0.3) is 0 Å². The Balaban J connectivity index is 1.16. The lowest BCUT2D eigenvalue weighted by Gasteiger charge is -2.35. The van der Waals surface area contributed by atoms with E-state index in [9.17, 15) is 38.7 Å². The van der Waals surface area contributed by atoms with Gasteiger partial charge in [-0.15, -0.1) is 11.3 Å². The number of aliphatic hydroxyl groups is 1. The van der Waals surface area contributed by atoms with Crippen LogP contribution in [0.15, 0.2) is 48.0 Å². The van der Waals surface area contributed by atoms with Crippen LogP contribution < -0.4 is 31.7 Å². The van der Waals surface area contributed by atoms with Gasteiger partial charge >= 0.3 is 6.09 Å². The number of aliphatic hydroxyl groups excluding tert-OH is 1. The third-order valence-electron chi connectivity index (χ3n) is 13.0. The molecule has 20 heteroatoms. The number of aryl methyl sites for hydroxylation is 2. The molecule has 5 rings (SSSR count). The highest BCUT2D eigenvalue weighted by Gasteiger charge is 2.45. The first kappa shape index (κ1) is 59.1. The number of nitrogens with one attached hydrogen (secondary N) is 4. The molecule has 0 aliphatic carbocycles. The Labute approximate surface area is 444 Å². The maximum Gasteiger partial charge on any atom is 0.408 e. The van der Waals surface area contributed by atoms with E-state index >= 15 is 0 Å². The zero-order chi connectivity index (χ0) is 54.7. The van der Waals surface area contributed by atoms with Crippen molar-refractivity contribution in [3.63, 3.8) is 0 Å². The summed E-state index contributed by atoms with van der Waals surface area (Å²) in [6, 6.07) is 8.34. The average molecular weight is 1070 g/mol. The van der Waals surface area contributed by atoms with Gasteiger partial charge in [0.1, 0.15) is 42.1 Å². The SMILES string of the molecule is Cc1ncsc1-c1ccc([C@H](C)NC(=O)[C@@H]2C[C@@H](O)CN2C(=O)[C@@H](NC(=O)CCCc2cccc(OC[C@H](CCC(N)=O)NC(=O)C3CCCN3C(=O)[C@H](CC(C)C)NC(=O)OC(C)(C)C)c2Cl)C(C)(C)C)cc1. The number of amides is 7. The van der Waals surface area contributed by atoms with Crippen molar-refractivity contribution in [3.8, 4) is 16.2 Å². The number of nitrogens with two attached hydrogens (primary N) is 1. The van der Waals surface area contributed by atoms with Crippen molar-refractivity contribution >= 4 is 64.5 Å². The lowest BCUT2D eigenvalue weighted by molar-refractivity contribution is -0.144. The molecular formula is C54H77ClN8O10S. The van der Waals surface area contributed by atoms with Crippen LogP contribution in [-0.4, -0.2) is 123 Å². The van der Waals surface area contributed by atoms with E-state index in [0.29, 0.717) is 55.0 Å². The molecule has 7 N–H and O–H groups in total. The first-order chi connectivity index (χ1) is 34.7. The summed E-state index contributed by atoms with van der Waals surface area (Å²) in [6.07, 6.45) is 0.602. The summed E-state index contributed by atoms with van der Waals surface area (Å²) in [5.74, 6) is -2.26. The highest BCUT2D eigenvalue weighted by Crippen LogP contribution is 2.32. The largest absolute Gasteiger partial charge is 0.490 e. The molecule has 0 saturated carbocycles. The lowest BCUT2D eigenvalue weighted by atomic mass is 9.85. The fourth-order valence-electron chi connectivity index (χ4n) is 9.20. The molecule has 74 heavy (non-hydrogen) atoms. The Kier molecular flexibility index (Phi) is 20.9. The predicted molar refractivity (Wildman–Crippen MR) is 284 cm³/mol. The van der Waals surface area contributed by atoms with Gasteiger partial charge in [-0.05, 0) is 107 Å². The Hall–Kier alpha value is -5.79. The van der Waals surface area contributed by atoms with Gasteiger partial charge in [0.05, 0.1) is 39.3 Å². The average Bonchev–Trinajstić information content (AvgIpc) is 4.08.